The van der Waals surface area contributed by atoms with Gasteiger partial charge in [-0.2, -0.15) is 46.3 Å². The van der Waals surface area contributed by atoms with Crippen LogP contribution >= 0.6 is 0 Å². The zero-order valence-corrected chi connectivity index (χ0v) is 24.8. The fourth-order valence-corrected chi connectivity index (χ4v) is 5.69. The quantitative estimate of drug-likeness (QED) is 0.147. The Morgan fingerprint density at radius 1 is 0.522 bits per heavy atom. The molecule has 244 valence electrons. The van der Waals surface area contributed by atoms with Crippen molar-refractivity contribution in [2.24, 2.45) is 0 Å². The standard InChI is InChI=1S/C32H30F6N4O4/c1-3-43-29-39-21(15-23(41-29)45-17-31(33,34)35)27-25(19-11-7-5-8-12-19)28(26(27)20-13-9-6-10-14-20)22-16-24(46-18-32(36,37)38)42-30(40-22)44-4-2/h5-16,25-28H,3-4,17-18H2,1-2H3/t25-,26-,27-,28-. The molecule has 0 amide bonds. The van der Waals surface area contributed by atoms with Gasteiger partial charge in [-0.3, -0.25) is 0 Å². The van der Waals surface area contributed by atoms with Gasteiger partial charge < -0.3 is 18.9 Å². The average Bonchev–Trinajstić information content (AvgIpc) is 2.99. The molecule has 1 aliphatic rings. The molecule has 0 unspecified atom stereocenters. The first-order valence-corrected chi connectivity index (χ1v) is 14.5. The molecular weight excluding hydrogens is 618 g/mol. The SMILES string of the molecule is CCOc1nc(OCC(F)(F)F)cc([C@H]2[C@H](c3ccccc3)[C@H](c3cc(OCC(F)(F)F)nc(OCC)n3)[C@H]2c2ccccc2)n1. The minimum absolute atomic E-state index is 0.150. The first kappa shape index (κ1) is 32.8. The summed E-state index contributed by atoms with van der Waals surface area (Å²) < 4.78 is 99.5. The highest BCUT2D eigenvalue weighted by Gasteiger charge is 2.54. The number of nitrogens with zero attached hydrogens (tertiary/aromatic N) is 4. The third-order valence-electron chi connectivity index (χ3n) is 7.32. The van der Waals surface area contributed by atoms with Crippen LogP contribution in [0, 0.1) is 0 Å². The number of hydrogen-bond donors (Lipinski definition) is 0. The molecule has 1 aliphatic carbocycles. The zero-order valence-electron chi connectivity index (χ0n) is 24.8. The lowest BCUT2D eigenvalue weighted by molar-refractivity contribution is -0.154. The van der Waals surface area contributed by atoms with E-state index in [1.54, 1.807) is 13.8 Å². The second-order valence-electron chi connectivity index (χ2n) is 10.4. The lowest BCUT2D eigenvalue weighted by atomic mass is 9.50. The normalized spacial score (nSPS) is 19.7. The Labute approximate surface area is 260 Å². The van der Waals surface area contributed by atoms with Crippen LogP contribution in [0.4, 0.5) is 26.3 Å². The van der Waals surface area contributed by atoms with Gasteiger partial charge in [0.2, 0.25) is 11.8 Å². The van der Waals surface area contributed by atoms with Crippen LogP contribution in [0.25, 0.3) is 0 Å². The summed E-state index contributed by atoms with van der Waals surface area (Å²) in [7, 11) is 0. The Bertz CT molecular complexity index is 1460. The summed E-state index contributed by atoms with van der Waals surface area (Å²) >= 11 is 0. The van der Waals surface area contributed by atoms with Crippen LogP contribution in [0.1, 0.15) is 60.0 Å². The smallest absolute Gasteiger partial charge is 0.422 e. The van der Waals surface area contributed by atoms with E-state index in [0.29, 0.717) is 11.4 Å². The number of halogens is 6. The van der Waals surface area contributed by atoms with Gasteiger partial charge in [0.25, 0.3) is 0 Å². The minimum Gasteiger partial charge on any atom is -0.468 e. The molecule has 2 aromatic heterocycles. The average molecular weight is 649 g/mol. The Morgan fingerprint density at radius 2 is 0.891 bits per heavy atom. The number of alkyl halides is 6. The van der Waals surface area contributed by atoms with Gasteiger partial charge in [0, 0.05) is 35.8 Å². The first-order valence-electron chi connectivity index (χ1n) is 14.5. The van der Waals surface area contributed by atoms with Crippen LogP contribution < -0.4 is 18.9 Å². The van der Waals surface area contributed by atoms with Gasteiger partial charge in [-0.15, -0.1) is 0 Å². The van der Waals surface area contributed by atoms with Crippen molar-refractivity contribution in [3.8, 4) is 23.8 Å². The maximum Gasteiger partial charge on any atom is 0.422 e. The maximum atomic E-state index is 13.1. The zero-order chi connectivity index (χ0) is 32.9. The van der Waals surface area contributed by atoms with Crippen LogP contribution in [-0.2, 0) is 0 Å². The molecule has 5 rings (SSSR count). The van der Waals surface area contributed by atoms with E-state index in [-0.39, 0.29) is 37.0 Å². The van der Waals surface area contributed by atoms with Crippen molar-refractivity contribution in [3.63, 3.8) is 0 Å². The van der Waals surface area contributed by atoms with Gasteiger partial charge in [-0.25, -0.2) is 0 Å². The summed E-state index contributed by atoms with van der Waals surface area (Å²) in [6.07, 6.45) is -9.20. The van der Waals surface area contributed by atoms with Crippen LogP contribution in [-0.4, -0.2) is 58.7 Å². The van der Waals surface area contributed by atoms with Crippen molar-refractivity contribution in [2.75, 3.05) is 26.4 Å². The lowest BCUT2D eigenvalue weighted by Crippen LogP contribution is -2.41. The highest BCUT2D eigenvalue weighted by atomic mass is 19.4. The Morgan fingerprint density at radius 3 is 1.22 bits per heavy atom. The Balaban J connectivity index is 1.67. The van der Waals surface area contributed by atoms with Crippen molar-refractivity contribution < 1.29 is 45.3 Å². The molecule has 4 aromatic rings. The molecular formula is C32H30F6N4O4. The minimum atomic E-state index is -4.60. The van der Waals surface area contributed by atoms with E-state index in [1.165, 1.54) is 12.1 Å². The third-order valence-corrected chi connectivity index (χ3v) is 7.32. The van der Waals surface area contributed by atoms with Gasteiger partial charge in [0.15, 0.2) is 13.2 Å². The van der Waals surface area contributed by atoms with E-state index >= 15 is 0 Å². The Hall–Kier alpha value is -4.62. The number of benzene rings is 2. The van der Waals surface area contributed by atoms with Gasteiger partial charge in [0.05, 0.1) is 24.6 Å². The van der Waals surface area contributed by atoms with Crippen molar-refractivity contribution >= 4 is 0 Å². The molecule has 0 saturated heterocycles. The molecule has 0 radical (unpaired) electrons. The summed E-state index contributed by atoms with van der Waals surface area (Å²) in [6, 6.07) is 21.0. The molecule has 0 N–H and O–H groups in total. The molecule has 0 atom stereocenters. The van der Waals surface area contributed by atoms with Gasteiger partial charge >= 0.3 is 24.4 Å². The molecule has 0 spiro atoms. The highest BCUT2D eigenvalue weighted by molar-refractivity contribution is 5.47. The molecule has 2 heterocycles. The first-order chi connectivity index (χ1) is 22.0. The predicted octanol–water partition coefficient (Wildman–Crippen LogP) is 7.39. The molecule has 2 aromatic carbocycles. The second-order valence-corrected chi connectivity index (χ2v) is 10.4. The third kappa shape index (κ3) is 7.96. The number of ether oxygens (including phenoxy) is 4. The monoisotopic (exact) mass is 648 g/mol. The van der Waals surface area contributed by atoms with Crippen LogP contribution in [0.5, 0.6) is 23.8 Å². The second kappa shape index (κ2) is 13.8. The summed E-state index contributed by atoms with van der Waals surface area (Å²) in [5, 5.41) is 0. The molecule has 46 heavy (non-hydrogen) atoms. The van der Waals surface area contributed by atoms with Crippen molar-refractivity contribution in [1.82, 2.24) is 19.9 Å². The largest absolute Gasteiger partial charge is 0.468 e. The maximum absolute atomic E-state index is 13.1. The molecule has 8 nitrogen and oxygen atoms in total. The van der Waals surface area contributed by atoms with Gasteiger partial charge in [-0.1, -0.05) is 60.7 Å². The van der Waals surface area contributed by atoms with Crippen LogP contribution in [0.3, 0.4) is 0 Å². The summed E-state index contributed by atoms with van der Waals surface area (Å²) in [6.45, 7) is 0.565. The molecule has 14 heteroatoms. The topological polar surface area (TPSA) is 88.5 Å². The van der Waals surface area contributed by atoms with E-state index in [1.807, 2.05) is 60.7 Å². The van der Waals surface area contributed by atoms with E-state index in [0.717, 1.165) is 11.1 Å². The van der Waals surface area contributed by atoms with Crippen molar-refractivity contribution in [3.05, 3.63) is 95.3 Å². The molecule has 0 aliphatic heterocycles. The van der Waals surface area contributed by atoms with E-state index in [4.69, 9.17) is 18.9 Å². The van der Waals surface area contributed by atoms with Crippen LogP contribution in [0.2, 0.25) is 0 Å². The summed E-state index contributed by atoms with van der Waals surface area (Å²) in [5.41, 5.74) is 2.41. The van der Waals surface area contributed by atoms with Crippen LogP contribution in [0.15, 0.2) is 72.8 Å². The highest BCUT2D eigenvalue weighted by Crippen LogP contribution is 2.66. The number of aromatic nitrogens is 4. The van der Waals surface area contributed by atoms with Crippen molar-refractivity contribution in [1.29, 1.82) is 0 Å². The Kier molecular flexibility index (Phi) is 9.82. The van der Waals surface area contributed by atoms with Gasteiger partial charge in [-0.05, 0) is 25.0 Å². The fraction of sp³-hybridized carbons (Fsp3) is 0.375. The summed E-state index contributed by atoms with van der Waals surface area (Å²) in [5.74, 6) is -2.39. The molecule has 0 bridgehead atoms. The summed E-state index contributed by atoms with van der Waals surface area (Å²) in [4.78, 5) is 17.2. The van der Waals surface area contributed by atoms with E-state index in [2.05, 4.69) is 19.9 Å². The molecule has 1 saturated carbocycles. The number of hydrogen-bond acceptors (Lipinski definition) is 8. The fourth-order valence-electron chi connectivity index (χ4n) is 5.69. The van der Waals surface area contributed by atoms with E-state index < -0.39 is 49.2 Å². The van der Waals surface area contributed by atoms with Crippen molar-refractivity contribution in [2.45, 2.75) is 49.9 Å². The predicted molar refractivity (Wildman–Crippen MR) is 153 cm³/mol. The molecule has 1 fully saturated rings. The van der Waals surface area contributed by atoms with Gasteiger partial charge in [0.1, 0.15) is 0 Å². The lowest BCUT2D eigenvalue weighted by Gasteiger charge is -2.52. The number of rotatable bonds is 12. The van der Waals surface area contributed by atoms with E-state index in [9.17, 15) is 26.3 Å².